The van der Waals surface area contributed by atoms with E-state index in [9.17, 15) is 9.59 Å². The van der Waals surface area contributed by atoms with Gasteiger partial charge in [0.1, 0.15) is 0 Å². The Balaban J connectivity index is 1.54. The lowest BCUT2D eigenvalue weighted by Gasteiger charge is -2.15. The molecular weight excluding hydrogens is 348 g/mol. The summed E-state index contributed by atoms with van der Waals surface area (Å²) in [4.78, 5) is 26.1. The first-order valence-corrected chi connectivity index (χ1v) is 9.10. The van der Waals surface area contributed by atoms with Gasteiger partial charge in [-0.2, -0.15) is 0 Å². The Morgan fingerprint density at radius 2 is 1.73 bits per heavy atom. The molecule has 1 aliphatic rings. The summed E-state index contributed by atoms with van der Waals surface area (Å²) in [6.45, 7) is 1.73. The lowest BCUT2D eigenvalue weighted by molar-refractivity contribution is -0.129. The predicted molar refractivity (Wildman–Crippen MR) is 105 cm³/mol. The van der Waals surface area contributed by atoms with Crippen molar-refractivity contribution in [1.29, 1.82) is 0 Å². The molecule has 2 aromatic rings. The summed E-state index contributed by atoms with van der Waals surface area (Å²) in [5, 5.41) is 3.40. The maximum atomic E-state index is 12.2. The lowest BCUT2D eigenvalue weighted by atomic mass is 10.1. The normalized spacial score (nSPS) is 14.0. The first kappa shape index (κ1) is 18.2. The van der Waals surface area contributed by atoms with E-state index >= 15 is 0 Å². The van der Waals surface area contributed by atoms with Crippen LogP contribution in [0.3, 0.4) is 0 Å². The summed E-state index contributed by atoms with van der Waals surface area (Å²) in [5.41, 5.74) is 2.43. The smallest absolute Gasteiger partial charge is 0.248 e. The number of hydrogen-bond donors (Lipinski definition) is 1. The SMILES string of the molecule is O=C(/C=C/c1ccccc1Cl)Nc1ccc(CC(=O)N2CCCC2)cc1. The van der Waals surface area contributed by atoms with E-state index in [1.54, 1.807) is 12.1 Å². The van der Waals surface area contributed by atoms with Gasteiger partial charge in [0.25, 0.3) is 0 Å². The van der Waals surface area contributed by atoms with Crippen LogP contribution in [0.25, 0.3) is 6.08 Å². The third kappa shape index (κ3) is 4.96. The Labute approximate surface area is 158 Å². The summed E-state index contributed by atoms with van der Waals surface area (Å²) in [6, 6.07) is 14.7. The number of rotatable bonds is 5. The number of hydrogen-bond acceptors (Lipinski definition) is 2. The first-order valence-electron chi connectivity index (χ1n) is 8.72. The zero-order valence-corrected chi connectivity index (χ0v) is 15.2. The molecule has 0 atom stereocenters. The van der Waals surface area contributed by atoms with Gasteiger partial charge in [0.2, 0.25) is 11.8 Å². The molecule has 1 heterocycles. The molecule has 1 fully saturated rings. The van der Waals surface area contributed by atoms with Crippen LogP contribution in [0.15, 0.2) is 54.6 Å². The van der Waals surface area contributed by atoms with Crippen molar-refractivity contribution in [2.75, 3.05) is 18.4 Å². The highest BCUT2D eigenvalue weighted by Gasteiger charge is 2.17. The maximum absolute atomic E-state index is 12.2. The van der Waals surface area contributed by atoms with Gasteiger partial charge in [0.15, 0.2) is 0 Å². The van der Waals surface area contributed by atoms with Gasteiger partial charge in [0, 0.05) is 29.9 Å². The summed E-state index contributed by atoms with van der Waals surface area (Å²) in [5.74, 6) is -0.0622. The van der Waals surface area contributed by atoms with Crippen LogP contribution in [0.4, 0.5) is 5.69 Å². The molecule has 0 aliphatic carbocycles. The van der Waals surface area contributed by atoms with E-state index in [1.165, 1.54) is 6.08 Å². The van der Waals surface area contributed by atoms with Gasteiger partial charge in [-0.3, -0.25) is 9.59 Å². The molecule has 2 aromatic carbocycles. The van der Waals surface area contributed by atoms with Gasteiger partial charge in [-0.15, -0.1) is 0 Å². The molecule has 0 aromatic heterocycles. The van der Waals surface area contributed by atoms with Gasteiger partial charge in [-0.05, 0) is 48.2 Å². The highest BCUT2D eigenvalue weighted by Crippen LogP contribution is 2.17. The number of nitrogens with one attached hydrogen (secondary N) is 1. The van der Waals surface area contributed by atoms with Crippen LogP contribution in [0.5, 0.6) is 0 Å². The molecule has 0 spiro atoms. The lowest BCUT2D eigenvalue weighted by Crippen LogP contribution is -2.29. The second-order valence-electron chi connectivity index (χ2n) is 6.31. The van der Waals surface area contributed by atoms with Crippen molar-refractivity contribution in [3.05, 3.63) is 70.8 Å². The van der Waals surface area contributed by atoms with Gasteiger partial charge >= 0.3 is 0 Å². The van der Waals surface area contributed by atoms with Gasteiger partial charge in [-0.1, -0.05) is 41.9 Å². The van der Waals surface area contributed by atoms with Gasteiger partial charge in [-0.25, -0.2) is 0 Å². The zero-order chi connectivity index (χ0) is 18.4. The molecule has 0 unspecified atom stereocenters. The van der Waals surface area contributed by atoms with Crippen molar-refractivity contribution >= 4 is 35.2 Å². The summed E-state index contributed by atoms with van der Waals surface area (Å²) in [7, 11) is 0. The Kier molecular flexibility index (Phi) is 6.08. The molecule has 0 bridgehead atoms. The number of anilines is 1. The fourth-order valence-electron chi connectivity index (χ4n) is 2.92. The Morgan fingerprint density at radius 3 is 2.42 bits per heavy atom. The van der Waals surface area contributed by atoms with Crippen molar-refractivity contribution < 1.29 is 9.59 Å². The third-order valence-corrected chi connectivity index (χ3v) is 4.70. The van der Waals surface area contributed by atoms with E-state index in [1.807, 2.05) is 47.4 Å². The molecule has 1 aliphatic heterocycles. The van der Waals surface area contributed by atoms with Crippen molar-refractivity contribution in [3.63, 3.8) is 0 Å². The minimum atomic E-state index is -0.231. The molecule has 3 rings (SSSR count). The van der Waals surface area contributed by atoms with E-state index < -0.39 is 0 Å². The minimum Gasteiger partial charge on any atom is -0.342 e. The summed E-state index contributed by atoms with van der Waals surface area (Å²) >= 11 is 6.06. The average molecular weight is 369 g/mol. The fraction of sp³-hybridized carbons (Fsp3) is 0.238. The Bertz CT molecular complexity index is 809. The molecule has 2 amide bonds. The van der Waals surface area contributed by atoms with Crippen LogP contribution in [-0.2, 0) is 16.0 Å². The van der Waals surface area contributed by atoms with Crippen molar-refractivity contribution in [2.45, 2.75) is 19.3 Å². The number of carbonyl (C=O) groups excluding carboxylic acids is 2. The molecule has 0 radical (unpaired) electrons. The monoisotopic (exact) mass is 368 g/mol. The highest BCUT2D eigenvalue weighted by atomic mass is 35.5. The van der Waals surface area contributed by atoms with Crippen molar-refractivity contribution in [2.24, 2.45) is 0 Å². The second kappa shape index (κ2) is 8.68. The second-order valence-corrected chi connectivity index (χ2v) is 6.71. The van der Waals surface area contributed by atoms with Crippen LogP contribution < -0.4 is 5.32 Å². The number of carbonyl (C=O) groups is 2. The molecular formula is C21H21ClN2O2. The molecule has 1 N–H and O–H groups in total. The molecule has 1 saturated heterocycles. The summed E-state index contributed by atoms with van der Waals surface area (Å²) in [6.07, 6.45) is 5.73. The van der Waals surface area contributed by atoms with Crippen LogP contribution in [0, 0.1) is 0 Å². The molecule has 26 heavy (non-hydrogen) atoms. The quantitative estimate of drug-likeness (QED) is 0.806. The molecule has 4 nitrogen and oxygen atoms in total. The van der Waals surface area contributed by atoms with E-state index in [2.05, 4.69) is 5.32 Å². The number of likely N-dealkylation sites (tertiary alicyclic amines) is 1. The predicted octanol–water partition coefficient (Wildman–Crippen LogP) is 4.16. The van der Waals surface area contributed by atoms with E-state index in [-0.39, 0.29) is 11.8 Å². The fourth-order valence-corrected chi connectivity index (χ4v) is 3.12. The molecule has 0 saturated carbocycles. The van der Waals surface area contributed by atoms with Gasteiger partial charge in [0.05, 0.1) is 6.42 Å². The largest absolute Gasteiger partial charge is 0.342 e. The standard InChI is InChI=1S/C21H21ClN2O2/c22-19-6-2-1-5-17(19)9-12-20(25)23-18-10-7-16(8-11-18)15-21(26)24-13-3-4-14-24/h1-2,5-12H,3-4,13-15H2,(H,23,25)/b12-9+. The Hall–Kier alpha value is -2.59. The third-order valence-electron chi connectivity index (χ3n) is 4.36. The van der Waals surface area contributed by atoms with Crippen LogP contribution in [-0.4, -0.2) is 29.8 Å². The van der Waals surface area contributed by atoms with Crippen LogP contribution in [0.1, 0.15) is 24.0 Å². The Morgan fingerprint density at radius 1 is 1.04 bits per heavy atom. The van der Waals surface area contributed by atoms with E-state index in [0.717, 1.165) is 37.1 Å². The average Bonchev–Trinajstić information content (AvgIpc) is 3.17. The van der Waals surface area contributed by atoms with Crippen molar-refractivity contribution in [1.82, 2.24) is 4.90 Å². The maximum Gasteiger partial charge on any atom is 0.248 e. The zero-order valence-electron chi connectivity index (χ0n) is 14.5. The molecule has 5 heteroatoms. The van der Waals surface area contributed by atoms with Crippen molar-refractivity contribution in [3.8, 4) is 0 Å². The van der Waals surface area contributed by atoms with E-state index in [0.29, 0.717) is 17.1 Å². The van der Waals surface area contributed by atoms with Crippen LogP contribution in [0.2, 0.25) is 5.02 Å². The summed E-state index contributed by atoms with van der Waals surface area (Å²) < 4.78 is 0. The first-order chi connectivity index (χ1) is 12.6. The number of halogens is 1. The van der Waals surface area contributed by atoms with Crippen LogP contribution >= 0.6 is 11.6 Å². The van der Waals surface area contributed by atoms with E-state index in [4.69, 9.17) is 11.6 Å². The molecule has 134 valence electrons. The highest BCUT2D eigenvalue weighted by molar-refractivity contribution is 6.32. The number of benzene rings is 2. The van der Waals surface area contributed by atoms with Gasteiger partial charge < -0.3 is 10.2 Å². The number of amides is 2. The number of nitrogens with zero attached hydrogens (tertiary/aromatic N) is 1. The topological polar surface area (TPSA) is 49.4 Å². The minimum absolute atomic E-state index is 0.168.